The van der Waals surface area contributed by atoms with Gasteiger partial charge in [-0.1, -0.05) is 0 Å². The molecule has 38 heavy (non-hydrogen) atoms. The van der Waals surface area contributed by atoms with Crippen molar-refractivity contribution < 1.29 is 26.9 Å². The second kappa shape index (κ2) is 9.34. The van der Waals surface area contributed by atoms with Gasteiger partial charge in [-0.25, -0.2) is 8.87 Å². The van der Waals surface area contributed by atoms with Crippen LogP contribution in [0.1, 0.15) is 55.3 Å². The summed E-state index contributed by atoms with van der Waals surface area (Å²) in [4.78, 5) is 22.0. The van der Waals surface area contributed by atoms with Crippen LogP contribution in [0.3, 0.4) is 0 Å². The Morgan fingerprint density at radius 1 is 1.16 bits per heavy atom. The number of benzene rings is 1. The number of piperidine rings is 1. The number of sulfonamides is 1. The molecule has 2 aromatic rings. The number of aromatic amines is 1. The Kier molecular flexibility index (Phi) is 6.35. The van der Waals surface area contributed by atoms with Crippen LogP contribution in [-0.4, -0.2) is 83.6 Å². The van der Waals surface area contributed by atoms with E-state index in [-0.39, 0.29) is 26.8 Å². The SMILES string of the molecule is CN(C(=O)c1ccc(OCC2CC[N+](C)(S(=O)(=O)c3c[nH]cn3)CC2)cc1)C1C2CC3CC1CC(O)(C3)C2. The van der Waals surface area contributed by atoms with Crippen molar-refractivity contribution in [1.82, 2.24) is 14.9 Å². The Hall–Kier alpha value is -2.43. The van der Waals surface area contributed by atoms with Gasteiger partial charge < -0.3 is 19.7 Å². The molecule has 1 amide bonds. The maximum Gasteiger partial charge on any atom is 0.346 e. The number of amides is 1. The van der Waals surface area contributed by atoms with E-state index in [9.17, 15) is 18.3 Å². The minimum absolute atomic E-state index is 0.0310. The number of aliphatic hydroxyl groups is 1. The third-order valence-corrected chi connectivity index (χ3v) is 12.2. The molecule has 1 saturated heterocycles. The van der Waals surface area contributed by atoms with Gasteiger partial charge in [0.1, 0.15) is 5.75 Å². The molecule has 1 aliphatic heterocycles. The molecular formula is C28H39N4O5S+. The second-order valence-electron chi connectivity index (χ2n) is 12.5. The quantitative estimate of drug-likeness (QED) is 0.519. The molecule has 2 atom stereocenters. The first-order valence-corrected chi connectivity index (χ1v) is 15.3. The lowest BCUT2D eigenvalue weighted by Crippen LogP contribution is -2.61. The number of rotatable bonds is 7. The maximum atomic E-state index is 13.4. The van der Waals surface area contributed by atoms with Crippen LogP contribution in [0.2, 0.25) is 0 Å². The molecule has 2 unspecified atom stereocenters. The van der Waals surface area contributed by atoms with Gasteiger partial charge in [0.05, 0.1) is 38.7 Å². The standard InChI is InChI=1S/C28H39N4O5S/c1-31(26-22-11-20-12-23(26)15-28(34,13-20)14-22)27(33)21-3-5-24(6-4-21)37-17-19-7-9-32(2,10-8-19)38(35,36)25-16-29-18-30-25/h3-6,16,18-20,22-23,26,34H,7-15,17H2,1-2H3,(H,29,30)/q+1. The monoisotopic (exact) mass is 543 g/mol. The molecular weight excluding hydrogens is 504 g/mol. The van der Waals surface area contributed by atoms with E-state index >= 15 is 0 Å². The number of nitrogens with zero attached hydrogens (tertiary/aromatic N) is 3. The summed E-state index contributed by atoms with van der Waals surface area (Å²) in [6.07, 6.45) is 9.17. The van der Waals surface area contributed by atoms with Crippen LogP contribution in [0, 0.1) is 23.7 Å². The fourth-order valence-corrected chi connectivity index (χ4v) is 9.57. The van der Waals surface area contributed by atoms with E-state index in [1.54, 1.807) is 7.05 Å². The highest BCUT2D eigenvalue weighted by Gasteiger charge is 2.56. The van der Waals surface area contributed by atoms with E-state index in [2.05, 4.69) is 9.97 Å². The van der Waals surface area contributed by atoms with Crippen LogP contribution in [0.4, 0.5) is 0 Å². The number of quaternary nitrogens is 1. The molecule has 5 aliphatic rings. The van der Waals surface area contributed by atoms with E-state index in [1.807, 2.05) is 36.2 Å². The lowest BCUT2D eigenvalue weighted by atomic mass is 9.52. The first-order chi connectivity index (χ1) is 18.1. The zero-order chi connectivity index (χ0) is 26.7. The third-order valence-electron chi connectivity index (χ3n) is 9.88. The summed E-state index contributed by atoms with van der Waals surface area (Å²) < 4.78 is 32.0. The van der Waals surface area contributed by atoms with Crippen molar-refractivity contribution in [3.05, 3.63) is 42.4 Å². The Morgan fingerprint density at radius 3 is 2.39 bits per heavy atom. The molecule has 0 spiro atoms. The lowest BCUT2D eigenvalue weighted by molar-refractivity contribution is -0.792. The van der Waals surface area contributed by atoms with Crippen molar-refractivity contribution in [2.24, 2.45) is 23.7 Å². The first kappa shape index (κ1) is 25.8. The molecule has 4 saturated carbocycles. The number of aromatic nitrogens is 2. The number of carbonyl (C=O) groups is 1. The summed E-state index contributed by atoms with van der Waals surface area (Å²) in [6.45, 7) is 1.56. The summed E-state index contributed by atoms with van der Waals surface area (Å²) in [5.74, 6) is 2.43. The molecule has 4 bridgehead atoms. The summed E-state index contributed by atoms with van der Waals surface area (Å²) >= 11 is 0. The number of hydrogen-bond donors (Lipinski definition) is 2. The Balaban J connectivity index is 1.02. The Morgan fingerprint density at radius 2 is 1.82 bits per heavy atom. The number of H-pyrrole nitrogens is 1. The number of hydrogen-bond acceptors (Lipinski definition) is 6. The Labute approximate surface area is 224 Å². The van der Waals surface area contributed by atoms with Crippen molar-refractivity contribution in [1.29, 1.82) is 0 Å². The minimum Gasteiger partial charge on any atom is -0.493 e. The second-order valence-corrected chi connectivity index (χ2v) is 14.8. The fraction of sp³-hybridized carbons (Fsp3) is 0.643. The molecule has 5 fully saturated rings. The largest absolute Gasteiger partial charge is 0.493 e. The highest BCUT2D eigenvalue weighted by Crippen LogP contribution is 2.56. The van der Waals surface area contributed by atoms with Crippen molar-refractivity contribution in [2.75, 3.05) is 33.8 Å². The van der Waals surface area contributed by atoms with Gasteiger partial charge in [0.2, 0.25) is 5.03 Å². The predicted molar refractivity (Wildman–Crippen MR) is 141 cm³/mol. The minimum atomic E-state index is -3.54. The zero-order valence-corrected chi connectivity index (χ0v) is 23.1. The molecule has 10 heteroatoms. The topological polar surface area (TPSA) is 113 Å². The highest BCUT2D eigenvalue weighted by molar-refractivity contribution is 7.85. The van der Waals surface area contributed by atoms with Crippen LogP contribution < -0.4 is 4.74 Å². The highest BCUT2D eigenvalue weighted by atomic mass is 32.2. The molecule has 1 aromatic heterocycles. The van der Waals surface area contributed by atoms with Crippen LogP contribution in [0.15, 0.2) is 41.8 Å². The van der Waals surface area contributed by atoms with Crippen LogP contribution in [0.5, 0.6) is 5.75 Å². The molecule has 7 rings (SSSR count). The molecule has 206 valence electrons. The van der Waals surface area contributed by atoms with Gasteiger partial charge in [-0.15, -0.1) is 0 Å². The van der Waals surface area contributed by atoms with Crippen molar-refractivity contribution in [3.63, 3.8) is 0 Å². The number of ether oxygens (including phenoxy) is 1. The molecule has 1 aromatic carbocycles. The lowest BCUT2D eigenvalue weighted by Gasteiger charge is -2.59. The van der Waals surface area contributed by atoms with E-state index < -0.39 is 15.6 Å². The van der Waals surface area contributed by atoms with Gasteiger partial charge in [-0.2, -0.15) is 8.42 Å². The average molecular weight is 544 g/mol. The number of nitrogens with one attached hydrogen (secondary N) is 1. The average Bonchev–Trinajstić information content (AvgIpc) is 3.43. The summed E-state index contributed by atoms with van der Waals surface area (Å²) in [6, 6.07) is 7.59. The number of carbonyl (C=O) groups excluding carboxylic acids is 1. The summed E-state index contributed by atoms with van der Waals surface area (Å²) in [7, 11) is 0.145. The van der Waals surface area contributed by atoms with Gasteiger partial charge in [0.15, 0.2) is 0 Å². The van der Waals surface area contributed by atoms with E-state index in [0.29, 0.717) is 48.8 Å². The molecule has 2 heterocycles. The van der Waals surface area contributed by atoms with Gasteiger partial charge >= 0.3 is 10.0 Å². The molecule has 2 N–H and O–H groups in total. The van der Waals surface area contributed by atoms with Crippen molar-refractivity contribution in [3.8, 4) is 5.75 Å². The van der Waals surface area contributed by atoms with E-state index in [0.717, 1.165) is 44.9 Å². The smallest absolute Gasteiger partial charge is 0.346 e. The van der Waals surface area contributed by atoms with Crippen LogP contribution in [0.25, 0.3) is 0 Å². The molecule has 0 radical (unpaired) electrons. The number of imidazole rings is 1. The van der Waals surface area contributed by atoms with E-state index in [1.165, 1.54) is 12.5 Å². The van der Waals surface area contributed by atoms with E-state index in [4.69, 9.17) is 4.74 Å². The molecule has 4 aliphatic carbocycles. The first-order valence-electron chi connectivity index (χ1n) is 13.9. The summed E-state index contributed by atoms with van der Waals surface area (Å²) in [5, 5.41) is 11.0. The maximum absolute atomic E-state index is 13.4. The predicted octanol–water partition coefficient (Wildman–Crippen LogP) is 3.05. The van der Waals surface area contributed by atoms with Gasteiger partial charge in [0, 0.05) is 43.6 Å². The zero-order valence-electron chi connectivity index (χ0n) is 22.3. The Bertz CT molecular complexity index is 1250. The fourth-order valence-electron chi connectivity index (χ4n) is 8.02. The molecule has 9 nitrogen and oxygen atoms in total. The number of likely N-dealkylation sites (tertiary alicyclic amines) is 1. The van der Waals surface area contributed by atoms with Crippen LogP contribution >= 0.6 is 0 Å². The van der Waals surface area contributed by atoms with Gasteiger partial charge in [0.25, 0.3) is 5.91 Å². The van der Waals surface area contributed by atoms with Gasteiger partial charge in [-0.3, -0.25) is 4.79 Å². The summed E-state index contributed by atoms with van der Waals surface area (Å²) in [5.41, 5.74) is 0.154. The van der Waals surface area contributed by atoms with Crippen LogP contribution in [-0.2, 0) is 10.0 Å². The normalized spacial score (nSPS) is 36.2. The van der Waals surface area contributed by atoms with Gasteiger partial charge in [-0.05, 0) is 74.1 Å². The van der Waals surface area contributed by atoms with Crippen molar-refractivity contribution >= 4 is 15.9 Å². The third kappa shape index (κ3) is 4.44. The van der Waals surface area contributed by atoms with Crippen molar-refractivity contribution in [2.45, 2.75) is 61.6 Å².